The molecule has 2 N–H and O–H groups in total. The van der Waals surface area contributed by atoms with Crippen molar-refractivity contribution in [3.05, 3.63) is 53.5 Å². The van der Waals surface area contributed by atoms with E-state index in [1.165, 1.54) is 12.1 Å². The normalized spacial score (nSPS) is 20.5. The van der Waals surface area contributed by atoms with Crippen molar-refractivity contribution >= 4 is 29.2 Å². The minimum Gasteiger partial charge on any atom is -0.342 e. The van der Waals surface area contributed by atoms with Crippen LogP contribution in [0.1, 0.15) is 36.4 Å². The van der Waals surface area contributed by atoms with Crippen molar-refractivity contribution in [3.8, 4) is 0 Å². The quantitative estimate of drug-likeness (QED) is 0.811. The van der Waals surface area contributed by atoms with Gasteiger partial charge in [-0.3, -0.25) is 14.4 Å². The maximum atomic E-state index is 13.9. The molecule has 3 amide bonds. The van der Waals surface area contributed by atoms with Crippen molar-refractivity contribution in [1.82, 2.24) is 9.88 Å². The molecule has 4 rings (SSSR count). The fourth-order valence-electron chi connectivity index (χ4n) is 4.08. The third-order valence-corrected chi connectivity index (χ3v) is 5.65. The van der Waals surface area contributed by atoms with Gasteiger partial charge in [0.05, 0.1) is 17.5 Å². The monoisotopic (exact) mass is 410 g/mol. The summed E-state index contributed by atoms with van der Waals surface area (Å²) in [6, 6.07) is 9.87. The molecule has 2 aromatic rings. The van der Waals surface area contributed by atoms with Crippen LogP contribution >= 0.6 is 0 Å². The molecule has 0 saturated carbocycles. The van der Waals surface area contributed by atoms with E-state index < -0.39 is 11.7 Å². The summed E-state index contributed by atoms with van der Waals surface area (Å²) in [6.45, 7) is 2.68. The van der Waals surface area contributed by atoms with E-state index in [9.17, 15) is 18.8 Å². The number of piperidine rings is 1. The van der Waals surface area contributed by atoms with E-state index in [0.29, 0.717) is 37.3 Å². The Morgan fingerprint density at radius 1 is 1.27 bits per heavy atom. The van der Waals surface area contributed by atoms with E-state index in [-0.39, 0.29) is 35.7 Å². The number of likely N-dealkylation sites (tertiary alicyclic amines) is 1. The summed E-state index contributed by atoms with van der Waals surface area (Å²) in [7, 11) is 0. The van der Waals surface area contributed by atoms with Crippen LogP contribution < -0.4 is 10.6 Å². The van der Waals surface area contributed by atoms with Crippen molar-refractivity contribution in [3.63, 3.8) is 0 Å². The Labute approximate surface area is 173 Å². The summed E-state index contributed by atoms with van der Waals surface area (Å²) in [5.41, 5.74) is 1.46. The number of nitrogens with one attached hydrogen (secondary N) is 2. The number of carbonyl (C=O) groups is 3. The van der Waals surface area contributed by atoms with Gasteiger partial charge in [-0.25, -0.2) is 9.37 Å². The Balaban J connectivity index is 1.40. The highest BCUT2D eigenvalue weighted by molar-refractivity contribution is 6.05. The number of para-hydroxylation sites is 1. The van der Waals surface area contributed by atoms with Crippen molar-refractivity contribution in [2.24, 2.45) is 5.92 Å². The first-order valence-corrected chi connectivity index (χ1v) is 10.0. The molecule has 156 valence electrons. The number of carbonyl (C=O) groups excluding carboxylic acids is 3. The van der Waals surface area contributed by atoms with Crippen LogP contribution in [-0.2, 0) is 14.4 Å². The minimum atomic E-state index is -0.714. The molecule has 3 heterocycles. The number of nitrogens with zero attached hydrogens (tertiary/aromatic N) is 2. The van der Waals surface area contributed by atoms with E-state index >= 15 is 0 Å². The third-order valence-electron chi connectivity index (χ3n) is 5.65. The van der Waals surface area contributed by atoms with E-state index in [1.54, 1.807) is 17.0 Å². The van der Waals surface area contributed by atoms with Crippen molar-refractivity contribution in [2.75, 3.05) is 23.7 Å². The molecule has 2 aliphatic rings. The summed E-state index contributed by atoms with van der Waals surface area (Å²) in [5.74, 6) is -1.82. The number of amides is 3. The van der Waals surface area contributed by atoms with Crippen molar-refractivity contribution in [1.29, 1.82) is 0 Å². The first-order chi connectivity index (χ1) is 14.4. The molecule has 7 nitrogen and oxygen atoms in total. The third kappa shape index (κ3) is 4.03. The number of pyridine rings is 1. The zero-order valence-corrected chi connectivity index (χ0v) is 16.7. The highest BCUT2D eigenvalue weighted by atomic mass is 19.1. The van der Waals surface area contributed by atoms with Gasteiger partial charge in [0.2, 0.25) is 17.7 Å². The Morgan fingerprint density at radius 2 is 2.07 bits per heavy atom. The van der Waals surface area contributed by atoms with Gasteiger partial charge in [-0.2, -0.15) is 0 Å². The van der Waals surface area contributed by atoms with Crippen LogP contribution in [-0.4, -0.2) is 40.7 Å². The second-order valence-corrected chi connectivity index (χ2v) is 7.78. The molecule has 1 aromatic heterocycles. The number of aromatic nitrogens is 1. The van der Waals surface area contributed by atoms with Crippen LogP contribution in [0, 0.1) is 18.7 Å². The fraction of sp³-hybridized carbons (Fsp3) is 0.364. The highest BCUT2D eigenvalue weighted by Gasteiger charge is 2.36. The zero-order valence-electron chi connectivity index (χ0n) is 16.7. The Bertz CT molecular complexity index is 1010. The molecular formula is C22H23FN4O3. The minimum absolute atomic E-state index is 0.0456. The van der Waals surface area contributed by atoms with E-state index in [1.807, 2.05) is 19.1 Å². The number of hydrogen-bond acceptors (Lipinski definition) is 4. The van der Waals surface area contributed by atoms with E-state index in [0.717, 1.165) is 5.69 Å². The molecular weight excluding hydrogens is 387 g/mol. The number of aryl methyl sites for hydroxylation is 1. The van der Waals surface area contributed by atoms with Gasteiger partial charge in [0.1, 0.15) is 11.6 Å². The standard InChI is InChI=1S/C22H23FN4O3/c1-13-5-2-9-18(24-13)25-21(29)14-6-4-10-27(12-14)19(28)11-16-15-7-3-8-17(23)20(15)26-22(16)30/h2-3,5,7-9,14,16H,4,6,10-12H2,1H3,(H,26,30)(H,24,25,29). The molecule has 30 heavy (non-hydrogen) atoms. The first kappa shape index (κ1) is 20.0. The van der Waals surface area contributed by atoms with Crippen molar-refractivity contribution < 1.29 is 18.8 Å². The Kier molecular flexibility index (Phi) is 5.48. The van der Waals surface area contributed by atoms with Gasteiger partial charge in [0, 0.05) is 25.2 Å². The average molecular weight is 410 g/mol. The summed E-state index contributed by atoms with van der Waals surface area (Å²) < 4.78 is 13.9. The van der Waals surface area contributed by atoms with Crippen LogP contribution in [0.25, 0.3) is 0 Å². The summed E-state index contributed by atoms with van der Waals surface area (Å²) in [4.78, 5) is 43.7. The zero-order chi connectivity index (χ0) is 21.3. The molecule has 2 atom stereocenters. The molecule has 2 unspecified atom stereocenters. The topological polar surface area (TPSA) is 91.4 Å². The van der Waals surface area contributed by atoms with E-state index in [2.05, 4.69) is 15.6 Å². The smallest absolute Gasteiger partial charge is 0.232 e. The van der Waals surface area contributed by atoms with Gasteiger partial charge in [0.15, 0.2) is 0 Å². The van der Waals surface area contributed by atoms with Gasteiger partial charge >= 0.3 is 0 Å². The molecule has 1 fully saturated rings. The lowest BCUT2D eigenvalue weighted by Crippen LogP contribution is -2.44. The maximum absolute atomic E-state index is 13.9. The number of rotatable bonds is 4. The second-order valence-electron chi connectivity index (χ2n) is 7.78. The lowest BCUT2D eigenvalue weighted by Gasteiger charge is -2.32. The van der Waals surface area contributed by atoms with Gasteiger partial charge in [-0.15, -0.1) is 0 Å². The largest absolute Gasteiger partial charge is 0.342 e. The summed E-state index contributed by atoms with van der Waals surface area (Å²) in [6.07, 6.45) is 1.34. The number of anilines is 2. The van der Waals surface area contributed by atoms with Crippen LogP contribution in [0.4, 0.5) is 15.9 Å². The average Bonchev–Trinajstić information content (AvgIpc) is 3.05. The molecule has 0 aliphatic carbocycles. The predicted octanol–water partition coefficient (Wildman–Crippen LogP) is 2.83. The van der Waals surface area contributed by atoms with Crippen LogP contribution in [0.3, 0.4) is 0 Å². The SMILES string of the molecule is Cc1cccc(NC(=O)C2CCCN(C(=O)CC3C(=O)Nc4c(F)cccc43)C2)n1. The molecule has 0 radical (unpaired) electrons. The lowest BCUT2D eigenvalue weighted by molar-refractivity contribution is -0.136. The molecule has 1 aromatic carbocycles. The van der Waals surface area contributed by atoms with Crippen LogP contribution in [0.5, 0.6) is 0 Å². The number of fused-ring (bicyclic) bond motifs is 1. The summed E-state index contributed by atoms with van der Waals surface area (Å²) in [5, 5.41) is 5.34. The second kappa shape index (κ2) is 8.22. The maximum Gasteiger partial charge on any atom is 0.232 e. The van der Waals surface area contributed by atoms with Gasteiger partial charge in [-0.1, -0.05) is 18.2 Å². The molecule has 2 aliphatic heterocycles. The molecule has 8 heteroatoms. The van der Waals surface area contributed by atoms with E-state index in [4.69, 9.17) is 0 Å². The molecule has 0 bridgehead atoms. The number of benzene rings is 1. The van der Waals surface area contributed by atoms with Crippen LogP contribution in [0.2, 0.25) is 0 Å². The number of halogens is 1. The first-order valence-electron chi connectivity index (χ1n) is 10.0. The van der Waals surface area contributed by atoms with Gasteiger partial charge in [-0.05, 0) is 43.5 Å². The Hall–Kier alpha value is -3.29. The van der Waals surface area contributed by atoms with Crippen molar-refractivity contribution in [2.45, 2.75) is 32.1 Å². The lowest BCUT2D eigenvalue weighted by atomic mass is 9.93. The highest BCUT2D eigenvalue weighted by Crippen LogP contribution is 2.37. The predicted molar refractivity (Wildman–Crippen MR) is 109 cm³/mol. The molecule has 0 spiro atoms. The fourth-order valence-corrected chi connectivity index (χ4v) is 4.08. The Morgan fingerprint density at radius 3 is 2.87 bits per heavy atom. The summed E-state index contributed by atoms with van der Waals surface area (Å²) >= 11 is 0. The number of hydrogen-bond donors (Lipinski definition) is 2. The van der Waals surface area contributed by atoms with Crippen LogP contribution in [0.15, 0.2) is 36.4 Å². The van der Waals surface area contributed by atoms with Gasteiger partial charge < -0.3 is 15.5 Å². The van der Waals surface area contributed by atoms with Gasteiger partial charge in [0.25, 0.3) is 0 Å². The molecule has 1 saturated heterocycles.